The van der Waals surface area contributed by atoms with Crippen LogP contribution in [0.15, 0.2) is 92.0 Å². The second-order valence-corrected chi connectivity index (χ2v) is 27.8. The highest BCUT2D eigenvalue weighted by atomic mass is 32.2. The first kappa shape index (κ1) is 79.1. The van der Waals surface area contributed by atoms with Crippen molar-refractivity contribution >= 4 is 96.9 Å². The number of imide groups is 1. The molecule has 4 aromatic carbocycles. The molecule has 1 fully saturated rings. The molecule has 1 saturated heterocycles. The number of benzene rings is 4. The van der Waals surface area contributed by atoms with Crippen molar-refractivity contribution in [1.29, 1.82) is 0 Å². The third kappa shape index (κ3) is 20.6. The van der Waals surface area contributed by atoms with E-state index in [0.29, 0.717) is 70.9 Å². The van der Waals surface area contributed by atoms with Gasteiger partial charge in [0.25, 0.3) is 11.8 Å². The molecule has 96 heavy (non-hydrogen) atoms. The Hall–Kier alpha value is -5.84. The zero-order valence-corrected chi connectivity index (χ0v) is 56.5. The average Bonchev–Trinajstić information content (AvgIpc) is 1.53. The third-order valence-corrected chi connectivity index (χ3v) is 19.1. The summed E-state index contributed by atoms with van der Waals surface area (Å²) in [6.45, 7) is 9.98. The quantitative estimate of drug-likeness (QED) is 0.0264. The number of ether oxygens (including phenoxy) is 11. The van der Waals surface area contributed by atoms with Crippen LogP contribution in [-0.4, -0.2) is 244 Å². The molecule has 0 radical (unpaired) electrons. The Labute approximate surface area is 559 Å². The molecule has 3 aliphatic heterocycles. The molecule has 0 bridgehead atoms. The first-order valence-corrected chi connectivity index (χ1v) is 35.8. The molecule has 0 aromatic heterocycles. The molecule has 0 spiro atoms. The highest BCUT2D eigenvalue weighted by Gasteiger charge is 2.47. The highest BCUT2D eigenvalue weighted by molar-refractivity contribution is 7.87. The summed E-state index contributed by atoms with van der Waals surface area (Å²) in [5.41, 5.74) is 0.351. The molecule has 3 aliphatic rings. The standard InChI is InChI=1S/C61H81N3O27S4.CH4/c1-60(2)53(7-6-8-54-61(3,16-20-83-26-29-87-32-31-85-24-23-81-5)59-48-40-44(93(71,72)73)42-52(95(77,78)79)46(48)10-12-50(59)63(54)17-21-80-4)62(49-11-9-45-47(58(49)60)39-43(92(68,69)70)41-51(45)94(74,75)76)18-22-84-27-30-88-34-36-90-38-37-89-35-33-86-28-25-82-19-15-57(67)91-64-55(65)13-14-56(64)66;/h6-12,39-42H,13-38H2,1-5H3,(H3-,68,69,70,71,72,73,74,75,76,77,78,79);1H4/p-3. The maximum atomic E-state index is 12.9. The fourth-order valence-corrected chi connectivity index (χ4v) is 13.9. The van der Waals surface area contributed by atoms with Crippen LogP contribution in [0.2, 0.25) is 0 Å². The van der Waals surface area contributed by atoms with Crippen LogP contribution in [0.4, 0.5) is 11.4 Å². The summed E-state index contributed by atoms with van der Waals surface area (Å²) in [6, 6.07) is 9.09. The summed E-state index contributed by atoms with van der Waals surface area (Å²) >= 11 is 0. The molecule has 1 unspecified atom stereocenters. The van der Waals surface area contributed by atoms with E-state index >= 15 is 0 Å². The van der Waals surface area contributed by atoms with E-state index in [1.807, 2.05) is 16.4 Å². The SMILES string of the molecule is C.COCCOCCOCCOCCC1(C)C(=CC=CC2=[N+](CCOCCOCCOCCOCCOCCOCCC(=O)ON3C(=O)CCC3=O)c3ccc4c(S(=O)(=O)[O-])cc(S(=O)(=O)[O-])cc4c3C2(C)C)N(CCOC)c2ccc3c(S(=O)(=O)[O-])cc(S(=O)(=O)[O-])cc3c21. The lowest BCUT2D eigenvalue weighted by atomic mass is 9.76. The minimum Gasteiger partial charge on any atom is -0.744 e. The summed E-state index contributed by atoms with van der Waals surface area (Å²) in [6.07, 6.45) is 5.23. The van der Waals surface area contributed by atoms with Crippen LogP contribution in [0.25, 0.3) is 21.5 Å². The van der Waals surface area contributed by atoms with Crippen molar-refractivity contribution in [3.63, 3.8) is 0 Å². The van der Waals surface area contributed by atoms with Crippen LogP contribution >= 0.6 is 0 Å². The van der Waals surface area contributed by atoms with Gasteiger partial charge in [-0.3, -0.25) is 9.59 Å². The molecule has 0 N–H and O–H groups in total. The van der Waals surface area contributed by atoms with E-state index in [2.05, 4.69) is 0 Å². The van der Waals surface area contributed by atoms with E-state index in [9.17, 15) is 66.3 Å². The number of allylic oxidation sites excluding steroid dienone is 4. The maximum Gasteiger partial charge on any atom is 0.335 e. The number of nitrogens with zero attached hydrogens (tertiary/aromatic N) is 3. The summed E-state index contributed by atoms with van der Waals surface area (Å²) < 4.78 is 216. The molecule has 0 aliphatic carbocycles. The fraction of sp³-hybridized carbons (Fsp3) is 0.548. The molecule has 2 amide bonds. The Kier molecular flexibility index (Phi) is 29.5. The van der Waals surface area contributed by atoms with Crippen molar-refractivity contribution in [3.8, 4) is 0 Å². The molecule has 7 rings (SSSR count). The van der Waals surface area contributed by atoms with Crippen LogP contribution in [0, 0.1) is 0 Å². The summed E-state index contributed by atoms with van der Waals surface area (Å²) in [4.78, 5) is 38.0. The van der Waals surface area contributed by atoms with Gasteiger partial charge >= 0.3 is 5.97 Å². The number of anilines is 1. The lowest BCUT2D eigenvalue weighted by molar-refractivity contribution is -0.442. The Balaban J connectivity index is 0.0000146. The molecule has 0 saturated carbocycles. The van der Waals surface area contributed by atoms with E-state index in [1.54, 1.807) is 51.3 Å². The van der Waals surface area contributed by atoms with Gasteiger partial charge in [-0.1, -0.05) is 19.6 Å². The zero-order chi connectivity index (χ0) is 69.2. The van der Waals surface area contributed by atoms with Gasteiger partial charge in [0, 0.05) is 80.1 Å². The summed E-state index contributed by atoms with van der Waals surface area (Å²) in [7, 11) is -18.4. The van der Waals surface area contributed by atoms with Gasteiger partial charge in [-0.05, 0) is 91.4 Å². The molecule has 1 atom stereocenters. The van der Waals surface area contributed by atoms with Gasteiger partial charge < -0.3 is 80.1 Å². The van der Waals surface area contributed by atoms with Crippen molar-refractivity contribution in [3.05, 3.63) is 83.6 Å². The number of rotatable bonds is 43. The smallest absolute Gasteiger partial charge is 0.335 e. The summed E-state index contributed by atoms with van der Waals surface area (Å²) in [5.74, 6) is -1.89. The Morgan fingerprint density at radius 3 is 1.42 bits per heavy atom. The van der Waals surface area contributed by atoms with E-state index in [-0.39, 0.29) is 180 Å². The van der Waals surface area contributed by atoms with Crippen molar-refractivity contribution in [2.45, 2.75) is 84.3 Å². The topological polar surface area (TPSA) is 400 Å². The number of amides is 2. The van der Waals surface area contributed by atoms with Gasteiger partial charge in [0.1, 0.15) is 47.1 Å². The number of methoxy groups -OCH3 is 2. The van der Waals surface area contributed by atoms with Gasteiger partial charge in [0.05, 0.1) is 150 Å². The van der Waals surface area contributed by atoms with E-state index < -0.39 is 88.7 Å². The number of fused-ring (bicyclic) bond motifs is 6. The number of hydroxylamine groups is 2. The van der Waals surface area contributed by atoms with Gasteiger partial charge in [0.15, 0.2) is 12.3 Å². The van der Waals surface area contributed by atoms with Gasteiger partial charge in [-0.25, -0.2) is 38.5 Å². The monoisotopic (exact) mass is 1430 g/mol. The number of hydrogen-bond acceptors (Lipinski definition) is 28. The van der Waals surface area contributed by atoms with Crippen LogP contribution in [0.3, 0.4) is 0 Å². The first-order chi connectivity index (χ1) is 45.0. The lowest BCUT2D eigenvalue weighted by Gasteiger charge is -2.31. The molecule has 534 valence electrons. The minimum absolute atomic E-state index is 0. The predicted molar refractivity (Wildman–Crippen MR) is 339 cm³/mol. The fourth-order valence-electron chi connectivity index (χ4n) is 11.3. The van der Waals surface area contributed by atoms with E-state index in [4.69, 9.17) is 56.9 Å². The Morgan fingerprint density at radius 2 is 0.958 bits per heavy atom. The van der Waals surface area contributed by atoms with Gasteiger partial charge in [-0.2, -0.15) is 4.58 Å². The van der Waals surface area contributed by atoms with Crippen LogP contribution in [-0.2, 0) is 123 Å². The average molecular weight is 1430 g/mol. The molecular weight excluding hydrogens is 1350 g/mol. The number of hydrogen-bond donors (Lipinski definition) is 0. The molecule has 34 heteroatoms. The van der Waals surface area contributed by atoms with Crippen LogP contribution in [0.5, 0.6) is 0 Å². The second kappa shape index (κ2) is 35.8. The van der Waals surface area contributed by atoms with E-state index in [1.165, 1.54) is 19.2 Å². The molecule has 3 heterocycles. The first-order valence-electron chi connectivity index (χ1n) is 30.2. The number of carbonyl (C=O) groups excluding carboxylic acids is 3. The third-order valence-electron chi connectivity index (χ3n) is 15.7. The molecule has 4 aromatic rings. The largest absolute Gasteiger partial charge is 0.744 e. The van der Waals surface area contributed by atoms with Gasteiger partial charge in [-0.15, -0.1) is 5.06 Å². The van der Waals surface area contributed by atoms with Crippen molar-refractivity contribution < 1.29 is 128 Å². The molecular formula is C62H82N3O27S4-3. The highest BCUT2D eigenvalue weighted by Crippen LogP contribution is 2.54. The Bertz CT molecular complexity index is 3940. The minimum atomic E-state index is -5.38. The van der Waals surface area contributed by atoms with Crippen molar-refractivity contribution in [1.82, 2.24) is 5.06 Å². The Morgan fingerprint density at radius 1 is 0.531 bits per heavy atom. The maximum absolute atomic E-state index is 12.9. The summed E-state index contributed by atoms with van der Waals surface area (Å²) in [5, 5.41) is 0.230. The zero-order valence-electron chi connectivity index (χ0n) is 53.2. The van der Waals surface area contributed by atoms with Crippen molar-refractivity contribution in [2.24, 2.45) is 0 Å². The van der Waals surface area contributed by atoms with Crippen molar-refractivity contribution in [2.75, 3.05) is 164 Å². The lowest BCUT2D eigenvalue weighted by Crippen LogP contribution is -2.32. The van der Waals surface area contributed by atoms with Gasteiger partial charge in [0.2, 0.25) is 5.69 Å². The van der Waals surface area contributed by atoms with Crippen LogP contribution < -0.4 is 4.90 Å². The van der Waals surface area contributed by atoms with E-state index in [0.717, 1.165) is 12.1 Å². The van der Waals surface area contributed by atoms with Crippen LogP contribution in [0.1, 0.15) is 65.0 Å². The second-order valence-electron chi connectivity index (χ2n) is 22.4. The molecule has 30 nitrogen and oxygen atoms in total. The predicted octanol–water partition coefficient (Wildman–Crippen LogP) is 3.67. The normalized spacial score (nSPS) is 17.1. The number of carbonyl (C=O) groups is 3.